The van der Waals surface area contributed by atoms with Crippen LogP contribution in [0, 0.1) is 0 Å². The van der Waals surface area contributed by atoms with Crippen molar-refractivity contribution in [2.45, 2.75) is 0 Å². The Morgan fingerprint density at radius 3 is 1.56 bits per heavy atom. The van der Waals surface area contributed by atoms with Gasteiger partial charge in [0.25, 0.3) is 0 Å². The van der Waals surface area contributed by atoms with Gasteiger partial charge in [-0.25, -0.2) is 15.0 Å². The molecule has 0 N–H and O–H groups in total. The fourth-order valence-electron chi connectivity index (χ4n) is 7.26. The number of hydrogen-bond acceptors (Lipinski definition) is 4. The number of fused-ring (bicyclic) bond motifs is 6. The van der Waals surface area contributed by atoms with E-state index in [2.05, 4.69) is 138 Å². The smallest absolute Gasteiger partial charge is 0.165 e. The first kappa shape index (κ1) is 28.6. The van der Waals surface area contributed by atoms with Gasteiger partial charge in [-0.3, -0.25) is 0 Å². The highest BCUT2D eigenvalue weighted by molar-refractivity contribution is 7.26. The van der Waals surface area contributed by atoms with Crippen molar-refractivity contribution in [1.29, 1.82) is 0 Å². The summed E-state index contributed by atoms with van der Waals surface area (Å²) in [6.45, 7) is 0. The van der Waals surface area contributed by atoms with Crippen molar-refractivity contribution in [2.75, 3.05) is 0 Å². The van der Waals surface area contributed by atoms with Gasteiger partial charge in [-0.2, -0.15) is 0 Å². The molecule has 0 saturated carbocycles. The van der Waals surface area contributed by atoms with E-state index >= 15 is 0 Å². The van der Waals surface area contributed by atoms with Crippen LogP contribution in [0.15, 0.2) is 170 Å². The summed E-state index contributed by atoms with van der Waals surface area (Å²) in [5.74, 6) is 1.99. The molecule has 0 aliphatic heterocycles. The molecule has 0 saturated heterocycles. The molecule has 234 valence electrons. The van der Waals surface area contributed by atoms with Crippen molar-refractivity contribution in [3.8, 4) is 51.0 Å². The zero-order valence-electron chi connectivity index (χ0n) is 26.9. The minimum atomic E-state index is 0.661. The molecule has 0 aliphatic rings. The third-order valence-electron chi connectivity index (χ3n) is 9.48. The minimum absolute atomic E-state index is 0.661. The average molecular weight is 657 g/mol. The lowest BCUT2D eigenvalue weighted by Crippen LogP contribution is -2.00. The largest absolute Gasteiger partial charge is 0.309 e. The van der Waals surface area contributed by atoms with E-state index in [1.54, 1.807) is 11.3 Å². The van der Waals surface area contributed by atoms with E-state index in [1.165, 1.54) is 48.4 Å². The SMILES string of the molecule is c1ccc(-c2nc(-c3ccccc3)nc(-c3cccc4c3sc3cccc(-c5ccccc5-n5c6ccccc6c6ccccc65)c34)n2)cc1. The third-order valence-corrected chi connectivity index (χ3v) is 10.7. The first-order chi connectivity index (χ1) is 24.8. The summed E-state index contributed by atoms with van der Waals surface area (Å²) in [6, 6.07) is 59.7. The van der Waals surface area contributed by atoms with Gasteiger partial charge in [0, 0.05) is 53.2 Å². The Labute approximate surface area is 292 Å². The van der Waals surface area contributed by atoms with Gasteiger partial charge in [-0.05, 0) is 35.9 Å². The van der Waals surface area contributed by atoms with Crippen molar-refractivity contribution < 1.29 is 0 Å². The highest BCUT2D eigenvalue weighted by Gasteiger charge is 2.20. The summed E-state index contributed by atoms with van der Waals surface area (Å²) >= 11 is 1.80. The van der Waals surface area contributed by atoms with Crippen molar-refractivity contribution in [2.24, 2.45) is 0 Å². The number of hydrogen-bond donors (Lipinski definition) is 0. The second-order valence-corrected chi connectivity index (χ2v) is 13.4. The van der Waals surface area contributed by atoms with E-state index in [-0.39, 0.29) is 0 Å². The third kappa shape index (κ3) is 4.55. The van der Waals surface area contributed by atoms with Crippen LogP contribution >= 0.6 is 11.3 Å². The maximum absolute atomic E-state index is 5.09. The van der Waals surface area contributed by atoms with Crippen LogP contribution in [-0.4, -0.2) is 19.5 Å². The Balaban J connectivity index is 1.21. The summed E-state index contributed by atoms with van der Waals surface area (Å²) in [6.07, 6.45) is 0. The summed E-state index contributed by atoms with van der Waals surface area (Å²) < 4.78 is 4.80. The lowest BCUT2D eigenvalue weighted by atomic mass is 9.97. The van der Waals surface area contributed by atoms with Crippen molar-refractivity contribution in [3.05, 3.63) is 170 Å². The Morgan fingerprint density at radius 2 is 0.880 bits per heavy atom. The van der Waals surface area contributed by atoms with Gasteiger partial charge in [0.1, 0.15) is 0 Å². The Morgan fingerprint density at radius 1 is 0.380 bits per heavy atom. The molecule has 10 rings (SSSR count). The maximum atomic E-state index is 5.09. The lowest BCUT2D eigenvalue weighted by molar-refractivity contribution is 1.08. The molecular weight excluding hydrogens is 629 g/mol. The number of thiophene rings is 1. The van der Waals surface area contributed by atoms with Crippen LogP contribution in [0.25, 0.3) is 93.0 Å². The molecule has 7 aromatic carbocycles. The molecule has 0 fully saturated rings. The van der Waals surface area contributed by atoms with Crippen LogP contribution in [0.4, 0.5) is 0 Å². The molecule has 0 unspecified atom stereocenters. The molecule has 0 bridgehead atoms. The zero-order valence-corrected chi connectivity index (χ0v) is 27.7. The average Bonchev–Trinajstić information content (AvgIpc) is 3.75. The quantitative estimate of drug-likeness (QED) is 0.185. The van der Waals surface area contributed by atoms with Gasteiger partial charge in [0.15, 0.2) is 17.5 Å². The van der Waals surface area contributed by atoms with E-state index in [9.17, 15) is 0 Å². The fourth-order valence-corrected chi connectivity index (χ4v) is 8.49. The second kappa shape index (κ2) is 11.6. The molecule has 4 nitrogen and oxygen atoms in total. The monoisotopic (exact) mass is 656 g/mol. The number of benzene rings is 7. The van der Waals surface area contributed by atoms with E-state index in [1.807, 2.05) is 36.4 Å². The zero-order chi connectivity index (χ0) is 33.0. The Bertz CT molecular complexity index is 2760. The maximum Gasteiger partial charge on any atom is 0.165 e. The van der Waals surface area contributed by atoms with Gasteiger partial charge < -0.3 is 4.57 Å². The van der Waals surface area contributed by atoms with E-state index < -0.39 is 0 Å². The molecular formula is C45H28N4S. The van der Waals surface area contributed by atoms with Crippen LogP contribution in [0.1, 0.15) is 0 Å². The topological polar surface area (TPSA) is 43.6 Å². The first-order valence-corrected chi connectivity index (χ1v) is 17.5. The molecule has 0 radical (unpaired) electrons. The summed E-state index contributed by atoms with van der Waals surface area (Å²) in [5.41, 5.74) is 8.86. The van der Waals surface area contributed by atoms with E-state index in [4.69, 9.17) is 15.0 Å². The molecule has 3 aromatic heterocycles. The molecule has 50 heavy (non-hydrogen) atoms. The van der Waals surface area contributed by atoms with Crippen LogP contribution in [-0.2, 0) is 0 Å². The predicted octanol–water partition coefficient (Wildman–Crippen LogP) is 12.0. The molecule has 0 amide bonds. The highest BCUT2D eigenvalue weighted by atomic mass is 32.1. The van der Waals surface area contributed by atoms with Crippen LogP contribution in [0.3, 0.4) is 0 Å². The van der Waals surface area contributed by atoms with Crippen molar-refractivity contribution in [1.82, 2.24) is 19.5 Å². The highest BCUT2D eigenvalue weighted by Crippen LogP contribution is 2.45. The van der Waals surface area contributed by atoms with Gasteiger partial charge in [0.05, 0.1) is 16.7 Å². The van der Waals surface area contributed by atoms with E-state index in [0.717, 1.165) is 27.1 Å². The molecule has 3 heterocycles. The van der Waals surface area contributed by atoms with Gasteiger partial charge in [0.2, 0.25) is 0 Å². The minimum Gasteiger partial charge on any atom is -0.309 e. The predicted molar refractivity (Wildman–Crippen MR) is 209 cm³/mol. The Kier molecular flexibility index (Phi) is 6.64. The number of rotatable bonds is 5. The molecule has 10 aromatic rings. The van der Waals surface area contributed by atoms with Crippen LogP contribution in [0.2, 0.25) is 0 Å². The molecule has 0 atom stereocenters. The lowest BCUT2D eigenvalue weighted by Gasteiger charge is -2.15. The summed E-state index contributed by atoms with van der Waals surface area (Å²) in [7, 11) is 0. The molecule has 0 spiro atoms. The molecule has 5 heteroatoms. The molecule has 0 aliphatic carbocycles. The second-order valence-electron chi connectivity index (χ2n) is 12.4. The number of nitrogens with zero attached hydrogens (tertiary/aromatic N) is 4. The summed E-state index contributed by atoms with van der Waals surface area (Å²) in [4.78, 5) is 15.1. The number of para-hydroxylation sites is 3. The number of aromatic nitrogens is 4. The Hall–Kier alpha value is -6.43. The first-order valence-electron chi connectivity index (χ1n) is 16.7. The van der Waals surface area contributed by atoms with Crippen molar-refractivity contribution in [3.63, 3.8) is 0 Å². The standard InChI is InChI=1S/C45H28N4S/c1-3-15-29(16-4-1)43-46-44(30-17-5-2-6-18-30)48-45(47-43)36-24-13-23-35-41-34(22-14-28-40(41)50-42(35)36)33-21-9-12-27-39(33)49-37-25-10-7-19-31(37)32-20-8-11-26-38(32)49/h1-28H. The van der Waals surface area contributed by atoms with Crippen LogP contribution in [0.5, 0.6) is 0 Å². The van der Waals surface area contributed by atoms with Gasteiger partial charge in [-0.15, -0.1) is 11.3 Å². The van der Waals surface area contributed by atoms with E-state index in [0.29, 0.717) is 17.5 Å². The van der Waals surface area contributed by atoms with Gasteiger partial charge in [-0.1, -0.05) is 140 Å². The fraction of sp³-hybridized carbons (Fsp3) is 0. The van der Waals surface area contributed by atoms with Crippen LogP contribution < -0.4 is 0 Å². The van der Waals surface area contributed by atoms with Crippen molar-refractivity contribution >= 4 is 53.3 Å². The normalized spacial score (nSPS) is 11.6. The van der Waals surface area contributed by atoms with Gasteiger partial charge >= 0.3 is 0 Å². The summed E-state index contributed by atoms with van der Waals surface area (Å²) in [5, 5.41) is 4.94.